The van der Waals surface area contributed by atoms with Crippen molar-refractivity contribution in [3.8, 4) is 0 Å². The second-order valence-electron chi connectivity index (χ2n) is 5.51. The van der Waals surface area contributed by atoms with Crippen molar-refractivity contribution in [2.24, 2.45) is 5.41 Å². The van der Waals surface area contributed by atoms with Crippen LogP contribution in [0.3, 0.4) is 0 Å². The Morgan fingerprint density at radius 2 is 1.65 bits per heavy atom. The summed E-state index contributed by atoms with van der Waals surface area (Å²) in [6.45, 7) is 5.04. The molecule has 0 unspecified atom stereocenters. The molecule has 0 aliphatic heterocycles. The van der Waals surface area contributed by atoms with Gasteiger partial charge in [-0.3, -0.25) is 4.79 Å². The Balaban J connectivity index is 2.68. The lowest BCUT2D eigenvalue weighted by molar-refractivity contribution is -0.184. The Morgan fingerprint density at radius 3 is 2.12 bits per heavy atom. The van der Waals surface area contributed by atoms with Crippen molar-refractivity contribution in [2.75, 3.05) is 7.11 Å². The first-order valence-corrected chi connectivity index (χ1v) is 6.14. The number of esters is 2. The van der Waals surface area contributed by atoms with Gasteiger partial charge in [-0.15, -0.1) is 0 Å². The topological polar surface area (TPSA) is 52.6 Å². The second-order valence-corrected chi connectivity index (χ2v) is 5.51. The number of hydrogen-bond acceptors (Lipinski definition) is 4. The fourth-order valence-electron chi connectivity index (χ4n) is 2.18. The summed E-state index contributed by atoms with van der Waals surface area (Å²) in [6.07, 6.45) is 4.93. The monoisotopic (exact) mass is 242 g/mol. The zero-order valence-electron chi connectivity index (χ0n) is 11.2. The normalized spacial score (nSPS) is 19.5. The maximum absolute atomic E-state index is 12.1. The second kappa shape index (κ2) is 5.07. The molecule has 0 aromatic carbocycles. The summed E-state index contributed by atoms with van der Waals surface area (Å²) in [4.78, 5) is 23.6. The molecule has 1 aliphatic carbocycles. The Bertz CT molecular complexity index is 301. The van der Waals surface area contributed by atoms with E-state index in [1.54, 1.807) is 13.8 Å². The van der Waals surface area contributed by atoms with Crippen LogP contribution in [0.1, 0.15) is 52.9 Å². The van der Waals surface area contributed by atoms with Crippen molar-refractivity contribution >= 4 is 11.9 Å². The Kier molecular flexibility index (Phi) is 4.17. The molecule has 1 fully saturated rings. The van der Waals surface area contributed by atoms with E-state index in [9.17, 15) is 9.59 Å². The van der Waals surface area contributed by atoms with Gasteiger partial charge in [0.15, 0.2) is 0 Å². The lowest BCUT2D eigenvalue weighted by Gasteiger charge is -2.34. The van der Waals surface area contributed by atoms with E-state index < -0.39 is 17.0 Å². The van der Waals surface area contributed by atoms with E-state index in [4.69, 9.17) is 4.74 Å². The zero-order chi connectivity index (χ0) is 13.1. The Hall–Kier alpha value is -1.06. The van der Waals surface area contributed by atoms with E-state index in [2.05, 4.69) is 4.74 Å². The van der Waals surface area contributed by atoms with Gasteiger partial charge in [0, 0.05) is 0 Å². The van der Waals surface area contributed by atoms with Gasteiger partial charge in [-0.2, -0.15) is 0 Å². The minimum absolute atomic E-state index is 0.285. The van der Waals surface area contributed by atoms with E-state index >= 15 is 0 Å². The lowest BCUT2D eigenvalue weighted by Crippen LogP contribution is -2.43. The fraction of sp³-hybridized carbons (Fsp3) is 0.846. The van der Waals surface area contributed by atoms with E-state index in [1.165, 1.54) is 13.5 Å². The number of rotatable bonds is 3. The molecule has 0 spiro atoms. The van der Waals surface area contributed by atoms with E-state index in [-0.39, 0.29) is 5.97 Å². The third kappa shape index (κ3) is 3.20. The van der Waals surface area contributed by atoms with Gasteiger partial charge in [-0.1, -0.05) is 19.3 Å². The van der Waals surface area contributed by atoms with E-state index in [0.717, 1.165) is 25.7 Å². The number of methoxy groups -OCH3 is 1. The highest BCUT2D eigenvalue weighted by atomic mass is 16.6. The molecule has 1 saturated carbocycles. The van der Waals surface area contributed by atoms with Crippen molar-refractivity contribution in [3.05, 3.63) is 0 Å². The largest absolute Gasteiger partial charge is 0.466 e. The van der Waals surface area contributed by atoms with Gasteiger partial charge in [0.05, 0.1) is 12.5 Å². The van der Waals surface area contributed by atoms with Crippen LogP contribution in [0.4, 0.5) is 0 Å². The quantitative estimate of drug-likeness (QED) is 0.713. The van der Waals surface area contributed by atoms with Crippen molar-refractivity contribution in [3.63, 3.8) is 0 Å². The molecule has 98 valence electrons. The first-order valence-electron chi connectivity index (χ1n) is 6.14. The molecule has 1 rings (SSSR count). The highest BCUT2D eigenvalue weighted by Gasteiger charge is 2.41. The third-order valence-corrected chi connectivity index (χ3v) is 3.47. The number of carbonyl (C=O) groups excluding carboxylic acids is 2. The predicted octanol–water partition coefficient (Wildman–Crippen LogP) is 2.45. The number of hydrogen-bond donors (Lipinski definition) is 0. The van der Waals surface area contributed by atoms with E-state index in [0.29, 0.717) is 0 Å². The van der Waals surface area contributed by atoms with Crippen molar-refractivity contribution in [2.45, 2.75) is 58.5 Å². The average Bonchev–Trinajstić information content (AvgIpc) is 2.28. The van der Waals surface area contributed by atoms with Crippen LogP contribution < -0.4 is 0 Å². The number of carbonyl (C=O) groups is 2. The van der Waals surface area contributed by atoms with Crippen LogP contribution in [-0.4, -0.2) is 24.6 Å². The van der Waals surface area contributed by atoms with Crippen LogP contribution in [0, 0.1) is 5.41 Å². The van der Waals surface area contributed by atoms with Gasteiger partial charge in [-0.05, 0) is 33.6 Å². The summed E-state index contributed by atoms with van der Waals surface area (Å²) in [7, 11) is 1.29. The van der Waals surface area contributed by atoms with Crippen molar-refractivity contribution < 1.29 is 19.1 Å². The molecule has 17 heavy (non-hydrogen) atoms. The highest BCUT2D eigenvalue weighted by Crippen LogP contribution is 2.37. The number of ether oxygens (including phenoxy) is 2. The zero-order valence-corrected chi connectivity index (χ0v) is 11.2. The van der Waals surface area contributed by atoms with Crippen molar-refractivity contribution in [1.29, 1.82) is 0 Å². The molecule has 0 bridgehead atoms. The van der Waals surface area contributed by atoms with Crippen LogP contribution in [0.2, 0.25) is 0 Å². The maximum atomic E-state index is 12.1. The molecule has 4 nitrogen and oxygen atoms in total. The Labute approximate surface area is 103 Å². The predicted molar refractivity (Wildman–Crippen MR) is 63.4 cm³/mol. The molecule has 0 saturated heterocycles. The summed E-state index contributed by atoms with van der Waals surface area (Å²) in [5.74, 6) is -0.808. The smallest absolute Gasteiger partial charge is 0.349 e. The average molecular weight is 242 g/mol. The van der Waals surface area contributed by atoms with E-state index in [1.807, 2.05) is 6.92 Å². The molecule has 0 N–H and O–H groups in total. The van der Waals surface area contributed by atoms with Gasteiger partial charge >= 0.3 is 11.9 Å². The van der Waals surface area contributed by atoms with Crippen LogP contribution in [0.5, 0.6) is 0 Å². The minimum Gasteiger partial charge on any atom is -0.466 e. The SMILES string of the molecule is COC(=O)C(C)(C)OC(=O)C1(C)CCCCC1. The minimum atomic E-state index is -1.20. The van der Waals surface area contributed by atoms with Gasteiger partial charge in [0.25, 0.3) is 0 Å². The molecule has 0 atom stereocenters. The first-order chi connectivity index (χ1) is 7.82. The summed E-state index contributed by atoms with van der Waals surface area (Å²) in [6, 6.07) is 0. The molecule has 0 amide bonds. The van der Waals surface area contributed by atoms with Gasteiger partial charge in [0.2, 0.25) is 5.60 Å². The molecule has 0 heterocycles. The maximum Gasteiger partial charge on any atom is 0.349 e. The molecular formula is C13H22O4. The fourth-order valence-corrected chi connectivity index (χ4v) is 2.18. The van der Waals surface area contributed by atoms with Crippen molar-refractivity contribution in [1.82, 2.24) is 0 Å². The lowest BCUT2D eigenvalue weighted by atomic mass is 9.76. The Morgan fingerprint density at radius 1 is 1.12 bits per heavy atom. The summed E-state index contributed by atoms with van der Waals surface area (Å²) in [5, 5.41) is 0. The van der Waals surface area contributed by atoms with Gasteiger partial charge < -0.3 is 9.47 Å². The van der Waals surface area contributed by atoms with Crippen LogP contribution in [0.25, 0.3) is 0 Å². The molecule has 4 heteroatoms. The third-order valence-electron chi connectivity index (χ3n) is 3.47. The standard InChI is InChI=1S/C13H22O4/c1-12(2,10(14)16-4)17-11(15)13(3)8-6-5-7-9-13/h5-9H2,1-4H3. The molecule has 0 radical (unpaired) electrons. The molecule has 0 aromatic heterocycles. The van der Waals surface area contributed by atoms with Gasteiger partial charge in [-0.25, -0.2) is 4.79 Å². The van der Waals surface area contributed by atoms with Gasteiger partial charge in [0.1, 0.15) is 0 Å². The molecule has 0 aromatic rings. The molecule has 1 aliphatic rings. The summed E-state index contributed by atoms with van der Waals surface area (Å²) >= 11 is 0. The van der Waals surface area contributed by atoms with Crippen LogP contribution in [-0.2, 0) is 19.1 Å². The summed E-state index contributed by atoms with van der Waals surface area (Å²) < 4.78 is 9.94. The summed E-state index contributed by atoms with van der Waals surface area (Å²) in [5.41, 5.74) is -1.64. The van der Waals surface area contributed by atoms with Crippen LogP contribution >= 0.6 is 0 Å². The highest BCUT2D eigenvalue weighted by molar-refractivity contribution is 5.84. The first kappa shape index (κ1) is 14.0. The molecular weight excluding hydrogens is 220 g/mol. The van der Waals surface area contributed by atoms with Crippen LogP contribution in [0.15, 0.2) is 0 Å².